The molecule has 1 aromatic rings. The molecule has 1 fully saturated rings. The Morgan fingerprint density at radius 3 is 2.80 bits per heavy atom. The van der Waals surface area contributed by atoms with Crippen LogP contribution >= 0.6 is 11.6 Å². The first-order valence-corrected chi connectivity index (χ1v) is 6.79. The minimum Gasteiger partial charge on any atom is -0.396 e. The molecule has 2 heterocycles. The van der Waals surface area contributed by atoms with Crippen molar-refractivity contribution in [2.45, 2.75) is 37.9 Å². The van der Waals surface area contributed by atoms with E-state index < -0.39 is 17.2 Å². The molecular formula is C12H15ClF3N3O. The monoisotopic (exact) mass is 309 g/mol. The van der Waals surface area contributed by atoms with Crippen molar-refractivity contribution in [1.29, 1.82) is 0 Å². The Kier molecular flexibility index (Phi) is 4.70. The number of hydrogen-bond donors (Lipinski definition) is 1. The molecule has 0 amide bonds. The van der Waals surface area contributed by atoms with Gasteiger partial charge in [0.2, 0.25) is 5.28 Å². The van der Waals surface area contributed by atoms with E-state index >= 15 is 0 Å². The molecule has 4 nitrogen and oxygen atoms in total. The summed E-state index contributed by atoms with van der Waals surface area (Å²) in [5, 5.41) is 8.46. The number of halogens is 4. The molecule has 20 heavy (non-hydrogen) atoms. The highest BCUT2D eigenvalue weighted by molar-refractivity contribution is 6.28. The molecule has 2 rings (SSSR count). The van der Waals surface area contributed by atoms with Crippen molar-refractivity contribution >= 4 is 17.4 Å². The van der Waals surface area contributed by atoms with Crippen LogP contribution in [0, 0.1) is 0 Å². The van der Waals surface area contributed by atoms with E-state index in [9.17, 15) is 13.2 Å². The summed E-state index contributed by atoms with van der Waals surface area (Å²) in [6.07, 6.45) is -1.44. The van der Waals surface area contributed by atoms with Crippen LogP contribution in [0.5, 0.6) is 0 Å². The predicted molar refractivity (Wildman–Crippen MR) is 68.7 cm³/mol. The number of aromatic nitrogens is 2. The van der Waals surface area contributed by atoms with Crippen LogP contribution in [0.4, 0.5) is 19.0 Å². The predicted octanol–water partition coefficient (Wildman–Crippen LogP) is 2.89. The standard InChI is InChI=1S/C12H15ClF3N3O/c13-11-17-9(12(14,15)16)7-10(18-11)19-5-1-3-8(19)4-2-6-20/h7-8,20H,1-6H2. The van der Waals surface area contributed by atoms with Gasteiger partial charge in [-0.05, 0) is 37.3 Å². The van der Waals surface area contributed by atoms with Gasteiger partial charge in [0.15, 0.2) is 5.69 Å². The molecule has 1 N–H and O–H groups in total. The second-order valence-electron chi connectivity index (χ2n) is 4.73. The number of rotatable bonds is 4. The van der Waals surface area contributed by atoms with Crippen LogP contribution in [-0.4, -0.2) is 34.3 Å². The summed E-state index contributed by atoms with van der Waals surface area (Å²) in [4.78, 5) is 8.95. The van der Waals surface area contributed by atoms with E-state index in [2.05, 4.69) is 9.97 Å². The lowest BCUT2D eigenvalue weighted by atomic mass is 10.1. The largest absolute Gasteiger partial charge is 0.433 e. The molecule has 0 saturated carbocycles. The molecule has 1 aliphatic rings. The molecule has 0 spiro atoms. The topological polar surface area (TPSA) is 49.2 Å². The van der Waals surface area contributed by atoms with Crippen LogP contribution in [0.1, 0.15) is 31.4 Å². The van der Waals surface area contributed by atoms with Crippen molar-refractivity contribution in [3.05, 3.63) is 17.0 Å². The Hall–Kier alpha value is -1.08. The number of aliphatic hydroxyl groups excluding tert-OH is 1. The van der Waals surface area contributed by atoms with Crippen LogP contribution < -0.4 is 4.90 Å². The summed E-state index contributed by atoms with van der Waals surface area (Å²) in [5.74, 6) is 0.206. The highest BCUT2D eigenvalue weighted by Gasteiger charge is 2.35. The van der Waals surface area contributed by atoms with Gasteiger partial charge in [-0.3, -0.25) is 0 Å². The van der Waals surface area contributed by atoms with E-state index in [-0.39, 0.29) is 18.5 Å². The van der Waals surface area contributed by atoms with Gasteiger partial charge in [0.05, 0.1) is 0 Å². The SMILES string of the molecule is OCCCC1CCCN1c1cc(C(F)(F)F)nc(Cl)n1. The van der Waals surface area contributed by atoms with Gasteiger partial charge in [0.25, 0.3) is 0 Å². The van der Waals surface area contributed by atoms with Gasteiger partial charge in [0.1, 0.15) is 5.82 Å². The Bertz CT molecular complexity index is 470. The lowest BCUT2D eigenvalue weighted by Crippen LogP contribution is -2.30. The van der Waals surface area contributed by atoms with E-state index in [1.54, 1.807) is 0 Å². The van der Waals surface area contributed by atoms with E-state index in [1.807, 2.05) is 4.90 Å². The summed E-state index contributed by atoms with van der Waals surface area (Å²) in [6.45, 7) is 0.712. The fraction of sp³-hybridized carbons (Fsp3) is 0.667. The first-order chi connectivity index (χ1) is 9.41. The number of hydrogen-bond acceptors (Lipinski definition) is 4. The van der Waals surface area contributed by atoms with Gasteiger partial charge in [-0.2, -0.15) is 13.2 Å². The Balaban J connectivity index is 2.25. The summed E-state index contributed by atoms with van der Waals surface area (Å²) in [7, 11) is 0. The fourth-order valence-electron chi connectivity index (χ4n) is 2.46. The second kappa shape index (κ2) is 6.13. The smallest absolute Gasteiger partial charge is 0.396 e. The van der Waals surface area contributed by atoms with Crippen molar-refractivity contribution in [3.63, 3.8) is 0 Å². The van der Waals surface area contributed by atoms with Crippen LogP contribution in [-0.2, 0) is 6.18 Å². The Morgan fingerprint density at radius 1 is 1.40 bits per heavy atom. The molecule has 1 saturated heterocycles. The maximum Gasteiger partial charge on any atom is 0.433 e. The molecule has 1 unspecified atom stereocenters. The van der Waals surface area contributed by atoms with Gasteiger partial charge in [-0.15, -0.1) is 0 Å². The van der Waals surface area contributed by atoms with Gasteiger partial charge < -0.3 is 10.0 Å². The minimum atomic E-state index is -4.54. The number of aliphatic hydroxyl groups is 1. The molecular weight excluding hydrogens is 295 g/mol. The molecule has 8 heteroatoms. The van der Waals surface area contributed by atoms with E-state index in [1.165, 1.54) is 0 Å². The fourth-order valence-corrected chi connectivity index (χ4v) is 2.64. The zero-order valence-corrected chi connectivity index (χ0v) is 11.5. The lowest BCUT2D eigenvalue weighted by molar-refractivity contribution is -0.141. The van der Waals surface area contributed by atoms with Gasteiger partial charge in [-0.25, -0.2) is 9.97 Å². The average Bonchev–Trinajstić information content (AvgIpc) is 2.82. The third-order valence-electron chi connectivity index (χ3n) is 3.34. The highest BCUT2D eigenvalue weighted by atomic mass is 35.5. The maximum atomic E-state index is 12.7. The first-order valence-electron chi connectivity index (χ1n) is 6.41. The number of nitrogens with zero attached hydrogens (tertiary/aromatic N) is 3. The molecule has 1 atom stereocenters. The third-order valence-corrected chi connectivity index (χ3v) is 3.51. The zero-order chi connectivity index (χ0) is 14.8. The molecule has 1 aromatic heterocycles. The second-order valence-corrected chi connectivity index (χ2v) is 5.07. The zero-order valence-electron chi connectivity index (χ0n) is 10.7. The molecule has 112 valence electrons. The van der Waals surface area contributed by atoms with Crippen molar-refractivity contribution in [1.82, 2.24) is 9.97 Å². The number of anilines is 1. The molecule has 0 aliphatic carbocycles. The quantitative estimate of drug-likeness (QED) is 0.869. The van der Waals surface area contributed by atoms with E-state index in [4.69, 9.17) is 16.7 Å². The Labute approximate surface area is 119 Å². The molecule has 0 bridgehead atoms. The lowest BCUT2D eigenvalue weighted by Gasteiger charge is -2.26. The summed E-state index contributed by atoms with van der Waals surface area (Å²) in [6, 6.07) is 1.03. The van der Waals surface area contributed by atoms with Crippen LogP contribution in [0.2, 0.25) is 5.28 Å². The van der Waals surface area contributed by atoms with Crippen molar-refractivity contribution < 1.29 is 18.3 Å². The summed E-state index contributed by atoms with van der Waals surface area (Å²) in [5.41, 5.74) is -1.03. The maximum absolute atomic E-state index is 12.7. The first kappa shape index (κ1) is 15.3. The molecule has 0 radical (unpaired) electrons. The minimum absolute atomic E-state index is 0.0721. The van der Waals surface area contributed by atoms with Gasteiger partial charge in [0, 0.05) is 25.3 Å². The van der Waals surface area contributed by atoms with Crippen LogP contribution in [0.25, 0.3) is 0 Å². The number of alkyl halides is 3. The van der Waals surface area contributed by atoms with Crippen LogP contribution in [0.3, 0.4) is 0 Å². The van der Waals surface area contributed by atoms with Crippen LogP contribution in [0.15, 0.2) is 6.07 Å². The highest BCUT2D eigenvalue weighted by Crippen LogP contribution is 2.33. The van der Waals surface area contributed by atoms with Gasteiger partial charge in [-0.1, -0.05) is 0 Å². The Morgan fingerprint density at radius 2 is 2.15 bits per heavy atom. The molecule has 0 aromatic carbocycles. The molecule has 1 aliphatic heterocycles. The van der Waals surface area contributed by atoms with Crippen molar-refractivity contribution in [2.24, 2.45) is 0 Å². The third kappa shape index (κ3) is 3.52. The van der Waals surface area contributed by atoms with Crippen molar-refractivity contribution in [3.8, 4) is 0 Å². The average molecular weight is 310 g/mol. The van der Waals surface area contributed by atoms with E-state index in [0.29, 0.717) is 13.0 Å². The summed E-state index contributed by atoms with van der Waals surface area (Å²) < 4.78 is 38.2. The normalized spacial score (nSPS) is 19.6. The summed E-state index contributed by atoms with van der Waals surface area (Å²) >= 11 is 5.60. The van der Waals surface area contributed by atoms with Gasteiger partial charge >= 0.3 is 6.18 Å². The van der Waals surface area contributed by atoms with E-state index in [0.717, 1.165) is 25.3 Å². The van der Waals surface area contributed by atoms with Crippen molar-refractivity contribution in [2.75, 3.05) is 18.1 Å².